The maximum absolute atomic E-state index is 11.2. The molecule has 13 nitrogen and oxygen atoms in total. The summed E-state index contributed by atoms with van der Waals surface area (Å²) >= 11 is 1.00. The van der Waals surface area contributed by atoms with Crippen molar-refractivity contribution in [2.45, 2.75) is 34.9 Å². The second kappa shape index (κ2) is 6.97. The Morgan fingerprint density at radius 3 is 2.89 bits per heavy atom. The normalized spacial score (nSPS) is 22.2. The van der Waals surface area contributed by atoms with Crippen LogP contribution < -0.4 is 5.73 Å². The van der Waals surface area contributed by atoms with Crippen LogP contribution in [-0.2, 0) is 11.8 Å². The van der Waals surface area contributed by atoms with Crippen LogP contribution in [0.5, 0.6) is 0 Å². The van der Waals surface area contributed by atoms with Gasteiger partial charge in [0.05, 0.1) is 19.0 Å². The summed E-state index contributed by atoms with van der Waals surface area (Å²) in [7, 11) is 1.63. The van der Waals surface area contributed by atoms with Gasteiger partial charge in [0.1, 0.15) is 22.9 Å². The molecule has 1 aliphatic rings. The highest BCUT2D eigenvalue weighted by Crippen LogP contribution is 2.37. The molecule has 1 fully saturated rings. The Morgan fingerprint density at radius 1 is 1.43 bits per heavy atom. The van der Waals surface area contributed by atoms with E-state index in [1.807, 2.05) is 0 Å². The molecule has 28 heavy (non-hydrogen) atoms. The molecule has 4 N–H and O–H groups in total. The Kier molecular flexibility index (Phi) is 4.62. The minimum atomic E-state index is -0.822. The number of anilines is 1. The Balaban J connectivity index is 1.75. The lowest BCUT2D eigenvalue weighted by molar-refractivity contribution is -0.392. The SMILES string of the molecule is Cn1cnc([N+](=O)[O-])c1Sc1nc(N)nc2c1ncn2[C@H]1C[C@H](O)[C@H](CO)O1. The molecule has 3 aromatic rings. The molecule has 0 saturated carbocycles. The molecule has 3 aromatic heterocycles. The number of nitrogen functional groups attached to an aromatic ring is 1. The van der Waals surface area contributed by atoms with E-state index in [2.05, 4.69) is 19.9 Å². The van der Waals surface area contributed by atoms with E-state index >= 15 is 0 Å². The standard InChI is InChI=1S/C14H16N8O5S/c1-20-4-17-11(22(25)26)13(20)28-12-9-10(18-14(15)19-12)21(5-16-9)8-2-6(24)7(3-23)27-8/h4-8,23-24H,2-3H2,1H3,(H2,15,18,19)/t6-,7-,8+/m0/s1. The monoisotopic (exact) mass is 408 g/mol. The van der Waals surface area contributed by atoms with Crippen molar-refractivity contribution >= 4 is 34.7 Å². The van der Waals surface area contributed by atoms with Gasteiger partial charge in [0, 0.05) is 13.5 Å². The minimum absolute atomic E-state index is 0.0428. The third kappa shape index (κ3) is 3.05. The van der Waals surface area contributed by atoms with Gasteiger partial charge in [0.15, 0.2) is 10.7 Å². The van der Waals surface area contributed by atoms with E-state index in [0.29, 0.717) is 16.2 Å². The molecule has 0 bridgehead atoms. The fourth-order valence-electron chi connectivity index (χ4n) is 2.98. The van der Waals surface area contributed by atoms with E-state index < -0.39 is 23.4 Å². The van der Waals surface area contributed by atoms with Crippen molar-refractivity contribution in [2.24, 2.45) is 7.05 Å². The molecular weight excluding hydrogens is 392 g/mol. The molecule has 0 radical (unpaired) electrons. The lowest BCUT2D eigenvalue weighted by atomic mass is 10.2. The van der Waals surface area contributed by atoms with Crippen LogP contribution in [0, 0.1) is 10.1 Å². The summed E-state index contributed by atoms with van der Waals surface area (Å²) < 4.78 is 8.74. The number of aryl methyl sites for hydroxylation is 1. The third-order valence-electron chi connectivity index (χ3n) is 4.33. The van der Waals surface area contributed by atoms with Crippen molar-refractivity contribution < 1.29 is 19.9 Å². The zero-order chi connectivity index (χ0) is 20.0. The van der Waals surface area contributed by atoms with Crippen LogP contribution in [0.3, 0.4) is 0 Å². The number of nitro groups is 1. The van der Waals surface area contributed by atoms with E-state index in [1.54, 1.807) is 11.6 Å². The topological polar surface area (TPSA) is 180 Å². The number of nitrogens with two attached hydrogens (primary N) is 1. The number of ether oxygens (including phenoxy) is 1. The highest BCUT2D eigenvalue weighted by atomic mass is 32.2. The molecule has 0 unspecified atom stereocenters. The summed E-state index contributed by atoms with van der Waals surface area (Å²) in [6.45, 7) is -0.313. The number of imidazole rings is 2. The molecular formula is C14H16N8O5S. The quantitative estimate of drug-likeness (QED) is 0.290. The minimum Gasteiger partial charge on any atom is -0.394 e. The Labute approximate surface area is 161 Å². The average molecular weight is 408 g/mol. The van der Waals surface area contributed by atoms with Gasteiger partial charge in [-0.15, -0.1) is 0 Å². The fourth-order valence-corrected chi connectivity index (χ4v) is 3.95. The third-order valence-corrected chi connectivity index (χ3v) is 5.47. The van der Waals surface area contributed by atoms with Gasteiger partial charge in [-0.25, -0.2) is 9.97 Å². The van der Waals surface area contributed by atoms with Crippen LogP contribution >= 0.6 is 11.8 Å². The number of rotatable bonds is 5. The predicted octanol–water partition coefficient (Wildman–Crippen LogP) is -0.158. The Bertz CT molecular complexity index is 1050. The molecule has 4 heterocycles. The first-order valence-electron chi connectivity index (χ1n) is 8.17. The first-order valence-corrected chi connectivity index (χ1v) is 8.98. The van der Waals surface area contributed by atoms with Gasteiger partial charge in [-0.2, -0.15) is 4.98 Å². The molecule has 0 spiro atoms. The Hall–Kier alpha value is -2.81. The maximum atomic E-state index is 11.2. The summed E-state index contributed by atoms with van der Waals surface area (Å²) in [5.41, 5.74) is 6.57. The number of hydrogen-bond donors (Lipinski definition) is 3. The average Bonchev–Trinajstić information content (AvgIpc) is 3.32. The van der Waals surface area contributed by atoms with Crippen molar-refractivity contribution in [1.29, 1.82) is 0 Å². The number of hydrogen-bond acceptors (Lipinski definition) is 11. The van der Waals surface area contributed by atoms with Crippen LogP contribution in [0.1, 0.15) is 12.6 Å². The number of aliphatic hydroxyl groups is 2. The van der Waals surface area contributed by atoms with E-state index in [-0.39, 0.29) is 29.8 Å². The van der Waals surface area contributed by atoms with Crippen molar-refractivity contribution in [3.8, 4) is 0 Å². The molecule has 1 aliphatic heterocycles. The van der Waals surface area contributed by atoms with Gasteiger partial charge in [0.25, 0.3) is 0 Å². The van der Waals surface area contributed by atoms with Crippen LogP contribution in [-0.4, -0.2) is 63.0 Å². The number of aromatic nitrogens is 6. The van der Waals surface area contributed by atoms with Gasteiger partial charge in [-0.05, 0) is 21.7 Å². The zero-order valence-corrected chi connectivity index (χ0v) is 15.4. The predicted molar refractivity (Wildman–Crippen MR) is 95.3 cm³/mol. The molecule has 4 rings (SSSR count). The lowest BCUT2D eigenvalue weighted by Crippen LogP contribution is -2.24. The van der Waals surface area contributed by atoms with Gasteiger partial charge in [-0.1, -0.05) is 0 Å². The molecule has 0 amide bonds. The second-order valence-corrected chi connectivity index (χ2v) is 7.15. The molecule has 148 valence electrons. The van der Waals surface area contributed by atoms with Crippen LogP contribution in [0.2, 0.25) is 0 Å². The summed E-state index contributed by atoms with van der Waals surface area (Å²) in [5, 5.41) is 31.0. The van der Waals surface area contributed by atoms with Gasteiger partial charge in [-0.3, -0.25) is 4.57 Å². The van der Waals surface area contributed by atoms with Crippen molar-refractivity contribution in [3.05, 3.63) is 22.8 Å². The number of aliphatic hydroxyl groups excluding tert-OH is 2. The first kappa shape index (κ1) is 18.5. The summed E-state index contributed by atoms with van der Waals surface area (Å²) in [6.07, 6.45) is 0.942. The Morgan fingerprint density at radius 2 is 2.21 bits per heavy atom. The number of nitrogens with zero attached hydrogens (tertiary/aromatic N) is 7. The van der Waals surface area contributed by atoms with Gasteiger partial charge >= 0.3 is 5.82 Å². The second-order valence-electron chi connectivity index (χ2n) is 6.17. The van der Waals surface area contributed by atoms with E-state index in [9.17, 15) is 20.3 Å². The van der Waals surface area contributed by atoms with E-state index in [1.165, 1.54) is 17.2 Å². The molecule has 1 saturated heterocycles. The maximum Gasteiger partial charge on any atom is 0.396 e. The molecule has 3 atom stereocenters. The number of fused-ring (bicyclic) bond motifs is 1. The molecule has 0 aliphatic carbocycles. The smallest absolute Gasteiger partial charge is 0.394 e. The summed E-state index contributed by atoms with van der Waals surface area (Å²) in [4.78, 5) is 27.1. The zero-order valence-electron chi connectivity index (χ0n) is 14.5. The first-order chi connectivity index (χ1) is 13.4. The van der Waals surface area contributed by atoms with Crippen LogP contribution in [0.4, 0.5) is 11.8 Å². The molecule has 0 aromatic carbocycles. The highest BCUT2D eigenvalue weighted by Gasteiger charge is 2.35. The van der Waals surface area contributed by atoms with Crippen molar-refractivity contribution in [1.82, 2.24) is 29.1 Å². The van der Waals surface area contributed by atoms with Crippen LogP contribution in [0.15, 0.2) is 22.7 Å². The van der Waals surface area contributed by atoms with E-state index in [0.717, 1.165) is 11.8 Å². The molecule has 14 heteroatoms. The van der Waals surface area contributed by atoms with Crippen molar-refractivity contribution in [3.63, 3.8) is 0 Å². The summed E-state index contributed by atoms with van der Waals surface area (Å²) in [6, 6.07) is 0. The fraction of sp³-hybridized carbons (Fsp3) is 0.429. The van der Waals surface area contributed by atoms with Crippen molar-refractivity contribution in [2.75, 3.05) is 12.3 Å². The van der Waals surface area contributed by atoms with Crippen LogP contribution in [0.25, 0.3) is 11.2 Å². The van der Waals surface area contributed by atoms with Gasteiger partial charge in [0.2, 0.25) is 12.3 Å². The summed E-state index contributed by atoms with van der Waals surface area (Å²) in [5.74, 6) is -0.343. The largest absolute Gasteiger partial charge is 0.396 e. The van der Waals surface area contributed by atoms with Gasteiger partial charge < -0.3 is 35.4 Å². The highest BCUT2D eigenvalue weighted by molar-refractivity contribution is 7.99. The van der Waals surface area contributed by atoms with E-state index in [4.69, 9.17) is 10.5 Å². The lowest BCUT2D eigenvalue weighted by Gasteiger charge is -2.13.